The fourth-order valence-corrected chi connectivity index (χ4v) is 3.35. The van der Waals surface area contributed by atoms with Gasteiger partial charge in [0, 0.05) is 5.56 Å². The Morgan fingerprint density at radius 3 is 2.55 bits per heavy atom. The summed E-state index contributed by atoms with van der Waals surface area (Å²) in [5.74, 6) is -0.486. The van der Waals surface area contributed by atoms with Gasteiger partial charge in [0.05, 0.1) is 6.20 Å². The topological polar surface area (TPSA) is 102 Å². The van der Waals surface area contributed by atoms with Crippen LogP contribution in [0.5, 0.6) is 0 Å². The van der Waals surface area contributed by atoms with Crippen LogP contribution in [0.1, 0.15) is 23.9 Å². The smallest absolute Gasteiger partial charge is 0.326 e. The SMILES string of the molecule is Cc1ccc([C@@]2(C)NC(=O)N(CC(=O)OCc3ncc(-c4ccccc4)o3)C2=O)cc1. The molecule has 3 aromatic rings. The van der Waals surface area contributed by atoms with Gasteiger partial charge in [-0.3, -0.25) is 14.5 Å². The average molecular weight is 419 g/mol. The summed E-state index contributed by atoms with van der Waals surface area (Å²) in [4.78, 5) is 42.5. The number of imide groups is 1. The Balaban J connectivity index is 1.37. The number of hydrogen-bond acceptors (Lipinski definition) is 6. The van der Waals surface area contributed by atoms with Gasteiger partial charge in [0.15, 0.2) is 12.4 Å². The third kappa shape index (κ3) is 4.05. The van der Waals surface area contributed by atoms with Gasteiger partial charge in [-0.2, -0.15) is 0 Å². The Morgan fingerprint density at radius 2 is 1.84 bits per heavy atom. The predicted octanol–water partition coefficient (Wildman–Crippen LogP) is 3.16. The fraction of sp³-hybridized carbons (Fsp3) is 0.217. The van der Waals surface area contributed by atoms with Gasteiger partial charge < -0.3 is 14.5 Å². The highest BCUT2D eigenvalue weighted by atomic mass is 16.5. The number of carbonyl (C=O) groups is 3. The van der Waals surface area contributed by atoms with Crippen molar-refractivity contribution in [2.75, 3.05) is 6.54 Å². The first-order chi connectivity index (χ1) is 14.9. The first-order valence-electron chi connectivity index (χ1n) is 9.74. The number of hydrogen-bond donors (Lipinski definition) is 1. The largest absolute Gasteiger partial charge is 0.454 e. The van der Waals surface area contributed by atoms with Gasteiger partial charge in [-0.15, -0.1) is 0 Å². The van der Waals surface area contributed by atoms with E-state index in [0.717, 1.165) is 16.0 Å². The Kier molecular flexibility index (Phi) is 5.29. The van der Waals surface area contributed by atoms with E-state index in [2.05, 4.69) is 10.3 Å². The van der Waals surface area contributed by atoms with Crippen LogP contribution >= 0.6 is 0 Å². The molecule has 8 nitrogen and oxygen atoms in total. The van der Waals surface area contributed by atoms with Crippen molar-refractivity contribution in [3.8, 4) is 11.3 Å². The normalized spacial score (nSPS) is 18.2. The van der Waals surface area contributed by atoms with Crippen LogP contribution in [0.4, 0.5) is 4.79 Å². The number of esters is 1. The number of nitrogens with one attached hydrogen (secondary N) is 1. The second-order valence-electron chi connectivity index (χ2n) is 7.46. The molecule has 1 aliphatic heterocycles. The Hall–Kier alpha value is -3.94. The minimum atomic E-state index is -1.24. The molecule has 2 aromatic carbocycles. The zero-order chi connectivity index (χ0) is 22.0. The van der Waals surface area contributed by atoms with Crippen LogP contribution in [0.15, 0.2) is 65.2 Å². The lowest BCUT2D eigenvalue weighted by Crippen LogP contribution is -2.41. The monoisotopic (exact) mass is 419 g/mol. The number of ether oxygens (including phenoxy) is 1. The molecular formula is C23H21N3O5. The maximum absolute atomic E-state index is 12.9. The van der Waals surface area contributed by atoms with Crippen molar-refractivity contribution in [3.63, 3.8) is 0 Å². The summed E-state index contributed by atoms with van der Waals surface area (Å²) in [6, 6.07) is 16.0. The van der Waals surface area contributed by atoms with Crippen LogP contribution in [-0.2, 0) is 26.5 Å². The van der Waals surface area contributed by atoms with Crippen molar-refractivity contribution in [1.82, 2.24) is 15.2 Å². The zero-order valence-electron chi connectivity index (χ0n) is 17.1. The molecule has 1 aromatic heterocycles. The molecule has 1 fully saturated rings. The summed E-state index contributed by atoms with van der Waals surface area (Å²) >= 11 is 0. The van der Waals surface area contributed by atoms with Crippen molar-refractivity contribution in [2.45, 2.75) is 26.0 Å². The second-order valence-corrected chi connectivity index (χ2v) is 7.46. The lowest BCUT2D eigenvalue weighted by molar-refractivity contribution is -0.149. The lowest BCUT2D eigenvalue weighted by atomic mass is 9.91. The molecule has 0 spiro atoms. The third-order valence-electron chi connectivity index (χ3n) is 5.16. The molecule has 0 unspecified atom stereocenters. The number of aromatic nitrogens is 1. The minimum Gasteiger partial charge on any atom is -0.454 e. The highest BCUT2D eigenvalue weighted by Gasteiger charge is 2.49. The van der Waals surface area contributed by atoms with Crippen molar-refractivity contribution < 1.29 is 23.5 Å². The molecule has 1 N–H and O–H groups in total. The van der Waals surface area contributed by atoms with Gasteiger partial charge in [0.2, 0.25) is 5.89 Å². The van der Waals surface area contributed by atoms with Gasteiger partial charge >= 0.3 is 12.0 Å². The Labute approximate surface area is 178 Å². The molecule has 0 bridgehead atoms. The molecule has 8 heteroatoms. The van der Waals surface area contributed by atoms with Crippen LogP contribution in [-0.4, -0.2) is 34.3 Å². The molecule has 0 saturated carbocycles. The van der Waals surface area contributed by atoms with Crippen molar-refractivity contribution in [2.24, 2.45) is 0 Å². The van der Waals surface area contributed by atoms with E-state index in [1.165, 1.54) is 0 Å². The number of carbonyl (C=O) groups excluding carboxylic acids is 3. The van der Waals surface area contributed by atoms with Crippen LogP contribution in [0, 0.1) is 6.92 Å². The summed E-state index contributed by atoms with van der Waals surface area (Å²) in [5.41, 5.74) is 1.28. The summed E-state index contributed by atoms with van der Waals surface area (Å²) in [6.07, 6.45) is 1.54. The first kappa shape index (κ1) is 20.3. The predicted molar refractivity (Wildman–Crippen MR) is 111 cm³/mol. The third-order valence-corrected chi connectivity index (χ3v) is 5.16. The van der Waals surface area contributed by atoms with E-state index in [-0.39, 0.29) is 12.5 Å². The number of rotatable bonds is 6. The van der Waals surface area contributed by atoms with Crippen molar-refractivity contribution >= 4 is 17.9 Å². The van der Waals surface area contributed by atoms with Gasteiger partial charge in [0.1, 0.15) is 12.1 Å². The van der Waals surface area contributed by atoms with E-state index in [9.17, 15) is 14.4 Å². The number of amides is 3. The van der Waals surface area contributed by atoms with E-state index >= 15 is 0 Å². The van der Waals surface area contributed by atoms with Gasteiger partial charge in [-0.1, -0.05) is 60.2 Å². The first-order valence-corrected chi connectivity index (χ1v) is 9.74. The van der Waals surface area contributed by atoms with Crippen LogP contribution < -0.4 is 5.32 Å². The summed E-state index contributed by atoms with van der Waals surface area (Å²) in [5, 5.41) is 2.67. The van der Waals surface area contributed by atoms with Crippen molar-refractivity contribution in [1.29, 1.82) is 0 Å². The van der Waals surface area contributed by atoms with Crippen LogP contribution in [0.2, 0.25) is 0 Å². The van der Waals surface area contributed by atoms with Gasteiger partial charge in [0.25, 0.3) is 5.91 Å². The van der Waals surface area contributed by atoms with Gasteiger partial charge in [-0.05, 0) is 19.4 Å². The number of nitrogens with zero attached hydrogens (tertiary/aromatic N) is 2. The summed E-state index contributed by atoms with van der Waals surface area (Å²) in [7, 11) is 0. The molecule has 31 heavy (non-hydrogen) atoms. The molecule has 0 aliphatic carbocycles. The Morgan fingerprint density at radius 1 is 1.13 bits per heavy atom. The molecule has 4 rings (SSSR count). The van der Waals surface area contributed by atoms with Crippen LogP contribution in [0.3, 0.4) is 0 Å². The quantitative estimate of drug-likeness (QED) is 0.486. The summed E-state index contributed by atoms with van der Waals surface area (Å²) < 4.78 is 10.7. The maximum Gasteiger partial charge on any atom is 0.326 e. The molecule has 0 radical (unpaired) electrons. The highest BCUT2D eigenvalue weighted by Crippen LogP contribution is 2.29. The van der Waals surface area contributed by atoms with E-state index in [0.29, 0.717) is 11.3 Å². The molecule has 1 aliphatic rings. The van der Waals surface area contributed by atoms with Gasteiger partial charge in [-0.25, -0.2) is 9.78 Å². The molecule has 1 saturated heterocycles. The highest BCUT2D eigenvalue weighted by molar-refractivity contribution is 6.08. The maximum atomic E-state index is 12.9. The lowest BCUT2D eigenvalue weighted by Gasteiger charge is -2.22. The molecule has 3 amide bonds. The summed E-state index contributed by atoms with van der Waals surface area (Å²) in [6.45, 7) is 2.84. The van der Waals surface area contributed by atoms with Crippen LogP contribution in [0.25, 0.3) is 11.3 Å². The fourth-order valence-electron chi connectivity index (χ4n) is 3.35. The number of oxazole rings is 1. The zero-order valence-corrected chi connectivity index (χ0v) is 17.1. The van der Waals surface area contributed by atoms with E-state index < -0.39 is 30.0 Å². The molecule has 1 atom stereocenters. The average Bonchev–Trinajstić information content (AvgIpc) is 3.33. The number of aryl methyl sites for hydroxylation is 1. The standard InChI is InChI=1S/C23H21N3O5/c1-15-8-10-17(11-9-15)23(2)21(28)26(22(29)25-23)13-20(27)30-14-19-24-12-18(31-19)16-6-4-3-5-7-16/h3-12H,13-14H2,1-2H3,(H,25,29)/t23-/m1/s1. The molecule has 2 heterocycles. The van der Waals surface area contributed by atoms with E-state index in [4.69, 9.17) is 9.15 Å². The number of benzene rings is 2. The molecular weight excluding hydrogens is 398 g/mol. The Bertz CT molecular complexity index is 1120. The van der Waals surface area contributed by atoms with E-state index in [1.54, 1.807) is 25.3 Å². The van der Waals surface area contributed by atoms with E-state index in [1.807, 2.05) is 49.4 Å². The van der Waals surface area contributed by atoms with Crippen molar-refractivity contribution in [3.05, 3.63) is 77.8 Å². The number of urea groups is 1. The molecule has 158 valence electrons. The minimum absolute atomic E-state index is 0.204. The second kappa shape index (κ2) is 8.06.